The van der Waals surface area contributed by atoms with E-state index in [2.05, 4.69) is 28.2 Å². The van der Waals surface area contributed by atoms with E-state index < -0.39 is 0 Å². The predicted octanol–water partition coefficient (Wildman–Crippen LogP) is 3.51. The van der Waals surface area contributed by atoms with Crippen LogP contribution in [0.3, 0.4) is 0 Å². The average Bonchev–Trinajstić information content (AvgIpc) is 2.95. The normalized spacial score (nSPS) is 11.1. The highest BCUT2D eigenvalue weighted by molar-refractivity contribution is 7.18. The molecule has 3 rings (SSSR count). The fourth-order valence-corrected chi connectivity index (χ4v) is 3.49. The number of nitrogens with two attached hydrogens (primary N) is 1. The number of fused-ring (bicyclic) bond motifs is 1. The third kappa shape index (κ3) is 2.52. The summed E-state index contributed by atoms with van der Waals surface area (Å²) in [4.78, 5) is 8.89. The lowest BCUT2D eigenvalue weighted by molar-refractivity contribution is 0.801. The van der Waals surface area contributed by atoms with E-state index in [0.717, 1.165) is 30.5 Å². The summed E-state index contributed by atoms with van der Waals surface area (Å²) in [5.41, 5.74) is 7.81. The van der Waals surface area contributed by atoms with Crippen LogP contribution >= 0.6 is 22.7 Å². The minimum Gasteiger partial charge on any atom is -0.375 e. The molecule has 1 aromatic carbocycles. The zero-order valence-corrected chi connectivity index (χ0v) is 11.4. The number of nitrogens with zero attached hydrogens (tertiary/aromatic N) is 2. The van der Waals surface area contributed by atoms with Crippen molar-refractivity contribution in [3.05, 3.63) is 40.3 Å². The summed E-state index contributed by atoms with van der Waals surface area (Å²) in [5.74, 6) is 0. The molecule has 2 aromatic heterocycles. The second kappa shape index (κ2) is 5.04. The molecule has 0 radical (unpaired) electrons. The van der Waals surface area contributed by atoms with Gasteiger partial charge in [0, 0.05) is 5.38 Å². The van der Waals surface area contributed by atoms with Gasteiger partial charge < -0.3 is 5.73 Å². The topological polar surface area (TPSA) is 51.8 Å². The summed E-state index contributed by atoms with van der Waals surface area (Å²) in [7, 11) is 0. The van der Waals surface area contributed by atoms with Gasteiger partial charge >= 0.3 is 0 Å². The van der Waals surface area contributed by atoms with Gasteiger partial charge in [0.2, 0.25) is 0 Å². The van der Waals surface area contributed by atoms with E-state index in [0.29, 0.717) is 5.13 Å². The molecule has 0 spiro atoms. The number of nitrogen functional groups attached to an aromatic ring is 1. The van der Waals surface area contributed by atoms with Gasteiger partial charge in [0.05, 0.1) is 20.9 Å². The molecule has 92 valence electrons. The number of thiazole rings is 2. The van der Waals surface area contributed by atoms with Crippen molar-refractivity contribution in [3.63, 3.8) is 0 Å². The Hall–Kier alpha value is -1.46. The first-order valence-electron chi connectivity index (χ1n) is 5.85. The van der Waals surface area contributed by atoms with Crippen molar-refractivity contribution in [1.29, 1.82) is 0 Å². The lowest BCUT2D eigenvalue weighted by atomic mass is 10.2. The maximum absolute atomic E-state index is 5.61. The Bertz CT molecular complexity index is 624. The number of anilines is 1. The third-order valence-corrected chi connectivity index (χ3v) is 4.55. The second-order valence-corrected chi connectivity index (χ2v) is 6.11. The number of rotatable bonds is 4. The number of aromatic nitrogens is 2. The van der Waals surface area contributed by atoms with Gasteiger partial charge in [0.15, 0.2) is 5.13 Å². The van der Waals surface area contributed by atoms with Crippen LogP contribution in [0.5, 0.6) is 0 Å². The van der Waals surface area contributed by atoms with Crippen LogP contribution in [0.1, 0.15) is 17.1 Å². The van der Waals surface area contributed by atoms with Crippen molar-refractivity contribution >= 4 is 38.0 Å². The van der Waals surface area contributed by atoms with Crippen LogP contribution in [0.4, 0.5) is 5.13 Å². The summed E-state index contributed by atoms with van der Waals surface area (Å²) in [6, 6.07) is 8.28. The largest absolute Gasteiger partial charge is 0.375 e. The monoisotopic (exact) mass is 275 g/mol. The van der Waals surface area contributed by atoms with Crippen molar-refractivity contribution in [3.8, 4) is 0 Å². The molecule has 0 fully saturated rings. The molecule has 0 unspecified atom stereocenters. The predicted molar refractivity (Wildman–Crippen MR) is 78.2 cm³/mol. The van der Waals surface area contributed by atoms with Crippen LogP contribution in [0.25, 0.3) is 10.2 Å². The highest BCUT2D eigenvalue weighted by atomic mass is 32.1. The first-order valence-corrected chi connectivity index (χ1v) is 7.55. The smallest absolute Gasteiger partial charge is 0.180 e. The summed E-state index contributed by atoms with van der Waals surface area (Å²) in [6.07, 6.45) is 3.06. The van der Waals surface area contributed by atoms with Crippen molar-refractivity contribution in [1.82, 2.24) is 9.97 Å². The molecule has 5 heteroatoms. The van der Waals surface area contributed by atoms with Crippen LogP contribution in [-0.2, 0) is 12.8 Å². The quantitative estimate of drug-likeness (QED) is 0.792. The van der Waals surface area contributed by atoms with Crippen molar-refractivity contribution < 1.29 is 0 Å². The first-order chi connectivity index (χ1) is 8.81. The molecular weight excluding hydrogens is 262 g/mol. The van der Waals surface area contributed by atoms with Gasteiger partial charge in [-0.2, -0.15) is 0 Å². The van der Waals surface area contributed by atoms with E-state index in [1.807, 2.05) is 11.4 Å². The number of benzene rings is 1. The Balaban J connectivity index is 1.62. The Morgan fingerprint density at radius 3 is 2.78 bits per heavy atom. The van der Waals surface area contributed by atoms with E-state index >= 15 is 0 Å². The molecule has 0 saturated carbocycles. The van der Waals surface area contributed by atoms with Crippen molar-refractivity contribution in [2.75, 3.05) is 5.73 Å². The third-order valence-electron chi connectivity index (χ3n) is 2.73. The Morgan fingerprint density at radius 2 is 2.00 bits per heavy atom. The molecule has 0 aliphatic heterocycles. The Morgan fingerprint density at radius 1 is 1.11 bits per heavy atom. The van der Waals surface area contributed by atoms with Gasteiger partial charge in [-0.15, -0.1) is 22.7 Å². The number of para-hydroxylation sites is 1. The van der Waals surface area contributed by atoms with Gasteiger partial charge in [0.1, 0.15) is 0 Å². The Labute approximate surface area is 113 Å². The standard InChI is InChI=1S/C13H13N3S2/c14-13-15-9(8-17-13)4-3-7-12-16-10-5-1-2-6-11(10)18-12/h1-2,5-6,8H,3-4,7H2,(H2,14,15). The second-order valence-electron chi connectivity index (χ2n) is 4.11. The molecule has 0 amide bonds. The fraction of sp³-hybridized carbons (Fsp3) is 0.231. The van der Waals surface area contributed by atoms with Gasteiger partial charge in [0.25, 0.3) is 0 Å². The summed E-state index contributed by atoms with van der Waals surface area (Å²) in [5, 5.41) is 3.90. The molecule has 0 saturated heterocycles. The first kappa shape index (κ1) is 11.6. The minimum absolute atomic E-state index is 0.657. The van der Waals surface area contributed by atoms with Crippen LogP contribution < -0.4 is 5.73 Å². The molecule has 0 atom stereocenters. The molecule has 0 bridgehead atoms. The zero-order chi connectivity index (χ0) is 12.4. The number of aryl methyl sites for hydroxylation is 2. The fourth-order valence-electron chi connectivity index (χ4n) is 1.89. The van der Waals surface area contributed by atoms with Crippen LogP contribution in [0.2, 0.25) is 0 Å². The lowest BCUT2D eigenvalue weighted by Gasteiger charge is -1.94. The van der Waals surface area contributed by atoms with Gasteiger partial charge in [-0.25, -0.2) is 9.97 Å². The number of hydrogen-bond acceptors (Lipinski definition) is 5. The number of hydrogen-bond donors (Lipinski definition) is 1. The Kier molecular flexibility index (Phi) is 3.25. The van der Waals surface area contributed by atoms with Crippen molar-refractivity contribution in [2.24, 2.45) is 0 Å². The van der Waals surface area contributed by atoms with Crippen molar-refractivity contribution in [2.45, 2.75) is 19.3 Å². The average molecular weight is 275 g/mol. The summed E-state index contributed by atoms with van der Waals surface area (Å²) in [6.45, 7) is 0. The molecule has 2 heterocycles. The maximum Gasteiger partial charge on any atom is 0.180 e. The van der Waals surface area contributed by atoms with E-state index in [1.54, 1.807) is 11.3 Å². The highest BCUT2D eigenvalue weighted by Gasteiger charge is 2.04. The van der Waals surface area contributed by atoms with Gasteiger partial charge in [-0.3, -0.25) is 0 Å². The van der Waals surface area contributed by atoms with Crippen LogP contribution in [-0.4, -0.2) is 9.97 Å². The van der Waals surface area contributed by atoms with Crippen LogP contribution in [0.15, 0.2) is 29.6 Å². The highest BCUT2D eigenvalue weighted by Crippen LogP contribution is 2.23. The lowest BCUT2D eigenvalue weighted by Crippen LogP contribution is -1.90. The molecule has 0 aliphatic rings. The SMILES string of the molecule is Nc1nc(CCCc2nc3ccccc3s2)cs1. The summed E-state index contributed by atoms with van der Waals surface area (Å²) < 4.78 is 1.27. The van der Waals surface area contributed by atoms with E-state index in [-0.39, 0.29) is 0 Å². The summed E-state index contributed by atoms with van der Waals surface area (Å²) >= 11 is 3.29. The zero-order valence-electron chi connectivity index (χ0n) is 9.80. The van der Waals surface area contributed by atoms with E-state index in [4.69, 9.17) is 5.73 Å². The van der Waals surface area contributed by atoms with Gasteiger partial charge in [-0.05, 0) is 31.4 Å². The molecule has 3 nitrogen and oxygen atoms in total. The van der Waals surface area contributed by atoms with E-state index in [9.17, 15) is 0 Å². The van der Waals surface area contributed by atoms with Crippen LogP contribution in [0, 0.1) is 0 Å². The molecule has 18 heavy (non-hydrogen) atoms. The van der Waals surface area contributed by atoms with Gasteiger partial charge in [-0.1, -0.05) is 12.1 Å². The molecule has 3 aromatic rings. The molecule has 0 aliphatic carbocycles. The molecular formula is C13H13N3S2. The maximum atomic E-state index is 5.61. The van der Waals surface area contributed by atoms with E-state index in [1.165, 1.54) is 21.0 Å². The minimum atomic E-state index is 0.657. The molecule has 2 N–H and O–H groups in total.